The number of nitrogens with one attached hydrogen (secondary N) is 1. The maximum absolute atomic E-state index is 12.5. The van der Waals surface area contributed by atoms with Gasteiger partial charge in [-0.1, -0.05) is 72.3 Å². The van der Waals surface area contributed by atoms with Crippen LogP contribution in [-0.4, -0.2) is 12.1 Å². The molecule has 0 radical (unpaired) electrons. The molecule has 0 aliphatic carbocycles. The van der Waals surface area contributed by atoms with Gasteiger partial charge in [0, 0.05) is 10.6 Å². The van der Waals surface area contributed by atoms with E-state index in [0.717, 1.165) is 21.9 Å². The predicted molar refractivity (Wildman–Crippen MR) is 121 cm³/mol. The normalized spacial score (nSPS) is 11.0. The Morgan fingerprint density at radius 1 is 0.933 bits per heavy atom. The molecule has 0 aromatic heterocycles. The van der Waals surface area contributed by atoms with Crippen molar-refractivity contribution in [2.24, 2.45) is 5.10 Å². The third-order valence-corrected chi connectivity index (χ3v) is 4.84. The van der Waals surface area contributed by atoms with Crippen LogP contribution in [0.15, 0.2) is 96.1 Å². The summed E-state index contributed by atoms with van der Waals surface area (Å²) in [7, 11) is 0. The zero-order valence-corrected chi connectivity index (χ0v) is 16.8. The molecule has 4 rings (SSSR count). The molecule has 0 aliphatic heterocycles. The van der Waals surface area contributed by atoms with Crippen LogP contribution in [0.1, 0.15) is 21.5 Å². The number of carbonyl (C=O) groups is 1. The topological polar surface area (TPSA) is 50.7 Å². The van der Waals surface area contributed by atoms with E-state index in [9.17, 15) is 4.79 Å². The van der Waals surface area contributed by atoms with Crippen LogP contribution < -0.4 is 10.2 Å². The second-order valence-corrected chi connectivity index (χ2v) is 7.15. The van der Waals surface area contributed by atoms with Crippen LogP contribution in [0.4, 0.5) is 0 Å². The van der Waals surface area contributed by atoms with Crippen molar-refractivity contribution in [1.82, 2.24) is 5.43 Å². The van der Waals surface area contributed by atoms with Gasteiger partial charge in [-0.2, -0.15) is 5.10 Å². The van der Waals surface area contributed by atoms with Gasteiger partial charge in [0.05, 0.1) is 6.21 Å². The Bertz CT molecular complexity index is 1200. The monoisotopic (exact) mass is 414 g/mol. The number of halogens is 1. The van der Waals surface area contributed by atoms with Gasteiger partial charge in [0.25, 0.3) is 5.91 Å². The van der Waals surface area contributed by atoms with Gasteiger partial charge in [0.15, 0.2) is 0 Å². The van der Waals surface area contributed by atoms with Crippen LogP contribution in [0.3, 0.4) is 0 Å². The lowest BCUT2D eigenvalue weighted by Gasteiger charge is -2.07. The van der Waals surface area contributed by atoms with E-state index in [1.54, 1.807) is 12.3 Å². The molecule has 0 saturated carbocycles. The summed E-state index contributed by atoms with van der Waals surface area (Å²) in [6.45, 7) is 0.440. The molecule has 4 aromatic rings. The van der Waals surface area contributed by atoms with Gasteiger partial charge in [-0.25, -0.2) is 5.43 Å². The Hall–Kier alpha value is -3.63. The van der Waals surface area contributed by atoms with E-state index < -0.39 is 0 Å². The minimum absolute atomic E-state index is 0.252. The number of carbonyl (C=O) groups excluding carboxylic acids is 1. The number of ether oxygens (including phenoxy) is 1. The minimum atomic E-state index is -0.252. The minimum Gasteiger partial charge on any atom is -0.489 e. The molecule has 0 heterocycles. The smallest absolute Gasteiger partial charge is 0.271 e. The van der Waals surface area contributed by atoms with Crippen molar-refractivity contribution in [2.75, 3.05) is 0 Å². The first kappa shape index (κ1) is 19.7. The average molecular weight is 415 g/mol. The number of fused-ring (bicyclic) bond motifs is 1. The molecule has 0 bridgehead atoms. The first-order valence-corrected chi connectivity index (χ1v) is 9.85. The summed E-state index contributed by atoms with van der Waals surface area (Å²) in [5.41, 5.74) is 5.04. The SMILES string of the molecule is O=C(N/N=C\c1cccc(OCc2ccc(Cl)cc2)c1)c1cccc2ccccc12. The van der Waals surface area contributed by atoms with Crippen LogP contribution in [-0.2, 0) is 6.61 Å². The fraction of sp³-hybridized carbons (Fsp3) is 0.0400. The van der Waals surface area contributed by atoms with Gasteiger partial charge in [-0.15, -0.1) is 0 Å². The Labute approximate surface area is 179 Å². The molecule has 4 aromatic carbocycles. The first-order valence-electron chi connectivity index (χ1n) is 9.47. The molecular formula is C25H19ClN2O2. The van der Waals surface area contributed by atoms with Gasteiger partial charge in [-0.3, -0.25) is 4.79 Å². The maximum atomic E-state index is 12.5. The standard InChI is InChI=1S/C25H19ClN2O2/c26-21-13-11-18(12-14-21)17-30-22-8-3-5-19(15-22)16-27-28-25(29)24-10-4-7-20-6-1-2-9-23(20)24/h1-16H,17H2,(H,28,29)/b27-16-. The molecule has 0 saturated heterocycles. The van der Waals surface area contributed by atoms with Crippen molar-refractivity contribution in [1.29, 1.82) is 0 Å². The number of hydrazone groups is 1. The highest BCUT2D eigenvalue weighted by Gasteiger charge is 2.08. The van der Waals surface area contributed by atoms with Crippen LogP contribution in [0, 0.1) is 0 Å². The molecule has 0 unspecified atom stereocenters. The summed E-state index contributed by atoms with van der Waals surface area (Å²) in [6, 6.07) is 28.4. The van der Waals surface area contributed by atoms with Crippen molar-refractivity contribution in [2.45, 2.75) is 6.61 Å². The van der Waals surface area contributed by atoms with Crippen molar-refractivity contribution in [3.05, 3.63) is 113 Å². The zero-order chi connectivity index (χ0) is 20.8. The van der Waals surface area contributed by atoms with Gasteiger partial charge in [0.1, 0.15) is 12.4 Å². The number of benzene rings is 4. The largest absolute Gasteiger partial charge is 0.489 e. The van der Waals surface area contributed by atoms with Crippen molar-refractivity contribution in [3.8, 4) is 5.75 Å². The van der Waals surface area contributed by atoms with Crippen LogP contribution >= 0.6 is 11.6 Å². The van der Waals surface area contributed by atoms with Crippen molar-refractivity contribution in [3.63, 3.8) is 0 Å². The second kappa shape index (κ2) is 9.25. The van der Waals surface area contributed by atoms with Gasteiger partial charge in [-0.05, 0) is 52.2 Å². The summed E-state index contributed by atoms with van der Waals surface area (Å²) in [6.07, 6.45) is 1.60. The van der Waals surface area contributed by atoms with Gasteiger partial charge < -0.3 is 4.74 Å². The van der Waals surface area contributed by atoms with Crippen LogP contribution in [0.25, 0.3) is 10.8 Å². The third-order valence-electron chi connectivity index (χ3n) is 4.59. The van der Waals surface area contributed by atoms with Gasteiger partial charge in [0.2, 0.25) is 0 Å². The number of hydrogen-bond donors (Lipinski definition) is 1. The first-order chi connectivity index (χ1) is 14.7. The Morgan fingerprint density at radius 2 is 1.70 bits per heavy atom. The predicted octanol–water partition coefficient (Wildman–Crippen LogP) is 5.84. The zero-order valence-electron chi connectivity index (χ0n) is 16.1. The summed E-state index contributed by atoms with van der Waals surface area (Å²) in [5.74, 6) is 0.465. The van der Waals surface area contributed by atoms with Gasteiger partial charge >= 0.3 is 0 Å². The molecule has 30 heavy (non-hydrogen) atoms. The summed E-state index contributed by atoms with van der Waals surface area (Å²) >= 11 is 5.90. The molecule has 0 aliphatic rings. The molecule has 5 heteroatoms. The highest BCUT2D eigenvalue weighted by Crippen LogP contribution is 2.18. The molecule has 1 amide bonds. The fourth-order valence-electron chi connectivity index (χ4n) is 3.08. The van der Waals surface area contributed by atoms with E-state index in [1.165, 1.54) is 0 Å². The van der Waals surface area contributed by atoms with E-state index in [0.29, 0.717) is 22.9 Å². The van der Waals surface area contributed by atoms with E-state index in [1.807, 2.05) is 84.9 Å². The van der Waals surface area contributed by atoms with E-state index in [4.69, 9.17) is 16.3 Å². The summed E-state index contributed by atoms with van der Waals surface area (Å²) < 4.78 is 5.83. The molecule has 148 valence electrons. The lowest BCUT2D eigenvalue weighted by Crippen LogP contribution is -2.17. The van der Waals surface area contributed by atoms with Crippen LogP contribution in [0.2, 0.25) is 5.02 Å². The highest BCUT2D eigenvalue weighted by molar-refractivity contribution is 6.30. The van der Waals surface area contributed by atoms with Crippen molar-refractivity contribution < 1.29 is 9.53 Å². The molecule has 4 nitrogen and oxygen atoms in total. The third kappa shape index (κ3) is 4.85. The number of hydrogen-bond acceptors (Lipinski definition) is 3. The summed E-state index contributed by atoms with van der Waals surface area (Å²) in [5, 5.41) is 6.70. The molecule has 1 N–H and O–H groups in total. The van der Waals surface area contributed by atoms with E-state index in [2.05, 4.69) is 10.5 Å². The second-order valence-electron chi connectivity index (χ2n) is 6.71. The molecule has 0 atom stereocenters. The summed E-state index contributed by atoms with van der Waals surface area (Å²) in [4.78, 5) is 12.5. The molecule has 0 spiro atoms. The fourth-order valence-corrected chi connectivity index (χ4v) is 3.21. The lowest BCUT2D eigenvalue weighted by molar-refractivity contribution is 0.0957. The van der Waals surface area contributed by atoms with E-state index >= 15 is 0 Å². The van der Waals surface area contributed by atoms with Crippen molar-refractivity contribution >= 4 is 34.5 Å². The quantitative estimate of drug-likeness (QED) is 0.318. The lowest BCUT2D eigenvalue weighted by atomic mass is 10.0. The Morgan fingerprint density at radius 3 is 2.57 bits per heavy atom. The molecular weight excluding hydrogens is 396 g/mol. The average Bonchev–Trinajstić information content (AvgIpc) is 2.78. The number of rotatable bonds is 6. The number of amides is 1. The van der Waals surface area contributed by atoms with Crippen LogP contribution in [0.5, 0.6) is 5.75 Å². The Kier molecular flexibility index (Phi) is 6.06. The highest BCUT2D eigenvalue weighted by atomic mass is 35.5. The van der Waals surface area contributed by atoms with E-state index in [-0.39, 0.29) is 5.91 Å². The number of nitrogens with zero attached hydrogens (tertiary/aromatic N) is 1. The molecule has 0 fully saturated rings. The Balaban J connectivity index is 1.39. The maximum Gasteiger partial charge on any atom is 0.271 e.